The van der Waals surface area contributed by atoms with Crippen molar-refractivity contribution in [2.75, 3.05) is 13.1 Å². The lowest BCUT2D eigenvalue weighted by molar-refractivity contribution is -0.110. The third-order valence-electron chi connectivity index (χ3n) is 6.70. The zero-order chi connectivity index (χ0) is 14.8. The van der Waals surface area contributed by atoms with Crippen LogP contribution in [0.2, 0.25) is 0 Å². The standard InChI is InChI=1S/C17H28N2O2/c1-11(2)17(21)9-19(10-17)15(20)18-16-6-12-3-13(7-16)5-14(4-12)8-16/h11-14,21H,3-10H2,1-2H3,(H,18,20). The quantitative estimate of drug-likeness (QED) is 0.821. The minimum atomic E-state index is -0.668. The monoisotopic (exact) mass is 292 g/mol. The first-order chi connectivity index (χ1) is 9.87. The number of hydrogen-bond acceptors (Lipinski definition) is 2. The van der Waals surface area contributed by atoms with Crippen molar-refractivity contribution in [1.29, 1.82) is 0 Å². The van der Waals surface area contributed by atoms with Gasteiger partial charge in [0.2, 0.25) is 0 Å². The molecule has 4 nitrogen and oxygen atoms in total. The molecule has 4 heteroatoms. The summed E-state index contributed by atoms with van der Waals surface area (Å²) in [5, 5.41) is 13.7. The van der Waals surface area contributed by atoms with E-state index in [9.17, 15) is 9.90 Å². The molecule has 0 aromatic heterocycles. The molecule has 4 bridgehead atoms. The van der Waals surface area contributed by atoms with Crippen LogP contribution in [-0.2, 0) is 0 Å². The van der Waals surface area contributed by atoms with E-state index in [4.69, 9.17) is 0 Å². The van der Waals surface area contributed by atoms with E-state index in [0.717, 1.165) is 17.8 Å². The number of nitrogens with zero attached hydrogens (tertiary/aromatic N) is 1. The third-order valence-corrected chi connectivity index (χ3v) is 6.70. The number of urea groups is 1. The average Bonchev–Trinajstić information content (AvgIpc) is 2.32. The van der Waals surface area contributed by atoms with Gasteiger partial charge in [0.05, 0.1) is 13.1 Å². The number of rotatable bonds is 2. The van der Waals surface area contributed by atoms with E-state index in [2.05, 4.69) is 5.32 Å². The molecule has 4 saturated carbocycles. The molecule has 0 unspecified atom stereocenters. The molecule has 2 amide bonds. The molecule has 0 spiro atoms. The highest BCUT2D eigenvalue weighted by atomic mass is 16.3. The van der Waals surface area contributed by atoms with Crippen molar-refractivity contribution in [3.05, 3.63) is 0 Å². The molecule has 4 aliphatic carbocycles. The molecule has 21 heavy (non-hydrogen) atoms. The van der Waals surface area contributed by atoms with Crippen LogP contribution in [0.4, 0.5) is 4.79 Å². The smallest absolute Gasteiger partial charge is 0.318 e. The lowest BCUT2D eigenvalue weighted by Crippen LogP contribution is -2.70. The predicted molar refractivity (Wildman–Crippen MR) is 80.8 cm³/mol. The molecule has 2 N–H and O–H groups in total. The fourth-order valence-electron chi connectivity index (χ4n) is 5.69. The van der Waals surface area contributed by atoms with Crippen LogP contribution in [0, 0.1) is 23.7 Å². The van der Waals surface area contributed by atoms with Gasteiger partial charge < -0.3 is 15.3 Å². The highest BCUT2D eigenvalue weighted by Crippen LogP contribution is 2.55. The maximum Gasteiger partial charge on any atom is 0.318 e. The number of carbonyl (C=O) groups excluding carboxylic acids is 1. The Morgan fingerprint density at radius 3 is 2.00 bits per heavy atom. The largest absolute Gasteiger partial charge is 0.386 e. The van der Waals surface area contributed by atoms with Crippen LogP contribution in [0.3, 0.4) is 0 Å². The van der Waals surface area contributed by atoms with Crippen LogP contribution >= 0.6 is 0 Å². The Hall–Kier alpha value is -0.770. The van der Waals surface area contributed by atoms with Crippen LogP contribution < -0.4 is 5.32 Å². The van der Waals surface area contributed by atoms with E-state index in [1.165, 1.54) is 38.5 Å². The summed E-state index contributed by atoms with van der Waals surface area (Å²) in [6.07, 6.45) is 7.75. The average molecular weight is 292 g/mol. The lowest BCUT2D eigenvalue weighted by Gasteiger charge is -2.58. The van der Waals surface area contributed by atoms with Crippen LogP contribution in [0.5, 0.6) is 0 Å². The molecular formula is C17H28N2O2. The van der Waals surface area contributed by atoms with E-state index in [-0.39, 0.29) is 17.5 Å². The van der Waals surface area contributed by atoms with Gasteiger partial charge in [-0.3, -0.25) is 0 Å². The Bertz CT molecular complexity index is 418. The summed E-state index contributed by atoms with van der Waals surface area (Å²) in [7, 11) is 0. The highest BCUT2D eigenvalue weighted by Gasteiger charge is 2.53. The lowest BCUT2D eigenvalue weighted by atomic mass is 9.53. The minimum Gasteiger partial charge on any atom is -0.386 e. The highest BCUT2D eigenvalue weighted by molar-refractivity contribution is 5.76. The van der Waals surface area contributed by atoms with Gasteiger partial charge in [-0.2, -0.15) is 0 Å². The fraction of sp³-hybridized carbons (Fsp3) is 0.941. The van der Waals surface area contributed by atoms with E-state index >= 15 is 0 Å². The zero-order valence-electron chi connectivity index (χ0n) is 13.3. The van der Waals surface area contributed by atoms with Gasteiger partial charge >= 0.3 is 6.03 Å². The second-order valence-corrected chi connectivity index (χ2v) is 8.74. The molecule has 0 radical (unpaired) electrons. The summed E-state index contributed by atoms with van der Waals surface area (Å²) in [4.78, 5) is 14.3. The Morgan fingerprint density at radius 2 is 1.57 bits per heavy atom. The first-order valence-electron chi connectivity index (χ1n) is 8.67. The summed E-state index contributed by atoms with van der Waals surface area (Å²) >= 11 is 0. The number of aliphatic hydroxyl groups is 1. The van der Waals surface area contributed by atoms with Crippen LogP contribution in [-0.4, -0.2) is 40.3 Å². The van der Waals surface area contributed by atoms with E-state index in [1.807, 2.05) is 13.8 Å². The summed E-state index contributed by atoms with van der Waals surface area (Å²) in [6, 6.07) is 0.0577. The number of hydrogen-bond donors (Lipinski definition) is 2. The maximum atomic E-state index is 12.5. The SMILES string of the molecule is CC(C)C1(O)CN(C(=O)NC23CC4CC(CC(C4)C2)C3)C1. The van der Waals surface area contributed by atoms with Gasteiger partial charge in [-0.25, -0.2) is 4.79 Å². The molecule has 1 aliphatic heterocycles. The van der Waals surface area contributed by atoms with Gasteiger partial charge in [-0.15, -0.1) is 0 Å². The number of likely N-dealkylation sites (tertiary alicyclic amines) is 1. The number of β-amino-alcohol motifs (C(OH)–C–C–N with tert-alkyl or cyclic N) is 1. The van der Waals surface area contributed by atoms with Gasteiger partial charge in [0, 0.05) is 5.54 Å². The Balaban J connectivity index is 1.40. The minimum absolute atomic E-state index is 0.0577. The van der Waals surface area contributed by atoms with Gasteiger partial charge in [0.1, 0.15) is 5.60 Å². The van der Waals surface area contributed by atoms with E-state index in [1.54, 1.807) is 4.90 Å². The van der Waals surface area contributed by atoms with Crippen molar-refractivity contribution >= 4 is 6.03 Å². The first kappa shape index (κ1) is 13.9. The third kappa shape index (κ3) is 2.18. The van der Waals surface area contributed by atoms with Crippen LogP contribution in [0.1, 0.15) is 52.4 Å². The van der Waals surface area contributed by atoms with Crippen molar-refractivity contribution < 1.29 is 9.90 Å². The fourth-order valence-corrected chi connectivity index (χ4v) is 5.69. The number of amides is 2. The van der Waals surface area contributed by atoms with Crippen LogP contribution in [0.25, 0.3) is 0 Å². The molecule has 0 atom stereocenters. The molecule has 0 aromatic carbocycles. The maximum absolute atomic E-state index is 12.5. The van der Waals surface area contributed by atoms with E-state index < -0.39 is 5.60 Å². The van der Waals surface area contributed by atoms with Crippen LogP contribution in [0.15, 0.2) is 0 Å². The van der Waals surface area contributed by atoms with Gasteiger partial charge in [-0.05, 0) is 62.2 Å². The zero-order valence-corrected chi connectivity index (χ0v) is 13.3. The summed E-state index contributed by atoms with van der Waals surface area (Å²) in [5.41, 5.74) is -0.587. The summed E-state index contributed by atoms with van der Waals surface area (Å²) < 4.78 is 0. The van der Waals surface area contributed by atoms with Gasteiger partial charge in [0.15, 0.2) is 0 Å². The molecule has 5 aliphatic rings. The normalized spacial score (nSPS) is 43.0. The number of nitrogens with one attached hydrogen (secondary N) is 1. The molecule has 5 fully saturated rings. The second kappa shape index (κ2) is 4.37. The molecular weight excluding hydrogens is 264 g/mol. The predicted octanol–water partition coefficient (Wildman–Crippen LogP) is 2.37. The van der Waals surface area contributed by atoms with Gasteiger partial charge in [-0.1, -0.05) is 13.8 Å². The summed E-state index contributed by atoms with van der Waals surface area (Å²) in [5.74, 6) is 2.75. The van der Waals surface area contributed by atoms with E-state index in [0.29, 0.717) is 13.1 Å². The van der Waals surface area contributed by atoms with Crippen molar-refractivity contribution in [3.63, 3.8) is 0 Å². The first-order valence-corrected chi connectivity index (χ1v) is 8.67. The van der Waals surface area contributed by atoms with Gasteiger partial charge in [0.25, 0.3) is 0 Å². The van der Waals surface area contributed by atoms with Crippen molar-refractivity contribution in [3.8, 4) is 0 Å². The topological polar surface area (TPSA) is 52.6 Å². The molecule has 0 aromatic rings. The summed E-state index contributed by atoms with van der Waals surface area (Å²) in [6.45, 7) is 5.02. The molecule has 1 saturated heterocycles. The Morgan fingerprint density at radius 1 is 1.10 bits per heavy atom. The van der Waals surface area contributed by atoms with Crippen molar-refractivity contribution in [1.82, 2.24) is 10.2 Å². The second-order valence-electron chi connectivity index (χ2n) is 8.74. The molecule has 1 heterocycles. The number of carbonyl (C=O) groups is 1. The van der Waals surface area contributed by atoms with Crippen molar-refractivity contribution in [2.45, 2.75) is 63.5 Å². The molecule has 5 rings (SSSR count). The Labute approximate surface area is 127 Å². The molecule has 118 valence electrons. The Kier molecular flexibility index (Phi) is 2.89. The van der Waals surface area contributed by atoms with Crippen molar-refractivity contribution in [2.24, 2.45) is 23.7 Å².